The Bertz CT molecular complexity index is 852. The van der Waals surface area contributed by atoms with Gasteiger partial charge in [-0.1, -0.05) is 12.1 Å². The molecule has 2 aromatic rings. The summed E-state index contributed by atoms with van der Waals surface area (Å²) in [7, 11) is 0. The number of aryl methyl sites for hydroxylation is 1. The van der Waals surface area contributed by atoms with E-state index in [0.29, 0.717) is 31.1 Å². The van der Waals surface area contributed by atoms with Crippen LogP contribution < -0.4 is 10.1 Å². The van der Waals surface area contributed by atoms with E-state index in [9.17, 15) is 18.0 Å². The third-order valence-electron chi connectivity index (χ3n) is 5.21. The minimum absolute atomic E-state index is 0.133. The minimum atomic E-state index is -0.823. The molecule has 0 saturated carbocycles. The number of piperidine rings is 1. The molecule has 1 aliphatic heterocycles. The smallest absolute Gasteiger partial charge is 0.260 e. The second-order valence-electron chi connectivity index (χ2n) is 7.40. The molecule has 1 fully saturated rings. The van der Waals surface area contributed by atoms with Crippen LogP contribution in [-0.4, -0.2) is 37.0 Å². The van der Waals surface area contributed by atoms with Gasteiger partial charge >= 0.3 is 0 Å². The van der Waals surface area contributed by atoms with Crippen LogP contribution in [0.25, 0.3) is 0 Å². The van der Waals surface area contributed by atoms with E-state index in [-0.39, 0.29) is 24.1 Å². The molecule has 1 heterocycles. The number of carbonyl (C=O) groups is 1. The summed E-state index contributed by atoms with van der Waals surface area (Å²) < 4.78 is 45.2. The van der Waals surface area contributed by atoms with Gasteiger partial charge in [0.2, 0.25) is 0 Å². The molecule has 0 radical (unpaired) electrons. The van der Waals surface area contributed by atoms with Gasteiger partial charge in [0.15, 0.2) is 18.2 Å². The van der Waals surface area contributed by atoms with Crippen molar-refractivity contribution in [3.8, 4) is 5.75 Å². The average Bonchev–Trinajstić information content (AvgIpc) is 2.70. The number of ether oxygens (including phenoxy) is 1. The Morgan fingerprint density at radius 1 is 1.10 bits per heavy atom. The van der Waals surface area contributed by atoms with Gasteiger partial charge in [-0.05, 0) is 61.6 Å². The molecule has 0 bridgehead atoms. The molecule has 0 aliphatic carbocycles. The third kappa shape index (κ3) is 5.97. The van der Waals surface area contributed by atoms with Crippen LogP contribution in [0.2, 0.25) is 0 Å². The van der Waals surface area contributed by atoms with Crippen molar-refractivity contribution in [2.75, 3.05) is 26.2 Å². The topological polar surface area (TPSA) is 41.6 Å². The zero-order valence-corrected chi connectivity index (χ0v) is 16.4. The molecule has 3 rings (SSSR count). The fourth-order valence-electron chi connectivity index (χ4n) is 3.38. The molecule has 156 valence electrons. The standard InChI is InChI=1S/C22H25F3N2O2/c1-15-2-3-17(10-19(15)24)13-26-12-16-6-8-27(9-7-16)22(28)14-29-21-5-4-18(23)11-20(21)25/h2-5,10-11,16,26H,6-9,12-14H2,1H3. The van der Waals surface area contributed by atoms with Gasteiger partial charge in [0, 0.05) is 25.7 Å². The van der Waals surface area contributed by atoms with Gasteiger partial charge in [-0.2, -0.15) is 0 Å². The Morgan fingerprint density at radius 3 is 2.55 bits per heavy atom. The monoisotopic (exact) mass is 406 g/mol. The summed E-state index contributed by atoms with van der Waals surface area (Å²) in [4.78, 5) is 14.0. The lowest BCUT2D eigenvalue weighted by atomic mass is 9.96. The van der Waals surface area contributed by atoms with Crippen molar-refractivity contribution in [2.45, 2.75) is 26.3 Å². The molecule has 0 aromatic heterocycles. The zero-order chi connectivity index (χ0) is 20.8. The molecule has 2 aromatic carbocycles. The van der Waals surface area contributed by atoms with Crippen LogP contribution in [0.1, 0.15) is 24.0 Å². The van der Waals surface area contributed by atoms with Gasteiger partial charge in [0.1, 0.15) is 11.6 Å². The molecule has 0 atom stereocenters. The number of amides is 1. The maximum Gasteiger partial charge on any atom is 0.260 e. The molecule has 0 spiro atoms. The van der Waals surface area contributed by atoms with Crippen molar-refractivity contribution >= 4 is 5.91 Å². The maximum atomic E-state index is 13.6. The first-order chi connectivity index (χ1) is 13.9. The third-order valence-corrected chi connectivity index (χ3v) is 5.21. The van der Waals surface area contributed by atoms with E-state index >= 15 is 0 Å². The highest BCUT2D eigenvalue weighted by atomic mass is 19.1. The van der Waals surface area contributed by atoms with Crippen LogP contribution in [0.4, 0.5) is 13.2 Å². The first kappa shape index (κ1) is 21.2. The number of rotatable bonds is 7. The van der Waals surface area contributed by atoms with E-state index in [1.165, 1.54) is 6.07 Å². The predicted octanol–water partition coefficient (Wildman–Crippen LogP) is 3.82. The molecule has 7 heteroatoms. The van der Waals surface area contributed by atoms with Crippen LogP contribution in [0.15, 0.2) is 36.4 Å². The van der Waals surface area contributed by atoms with Crippen molar-refractivity contribution < 1.29 is 22.7 Å². The van der Waals surface area contributed by atoms with Gasteiger partial charge in [-0.25, -0.2) is 13.2 Å². The Labute approximate surface area is 168 Å². The first-order valence-corrected chi connectivity index (χ1v) is 9.73. The second kappa shape index (κ2) is 9.78. The Kier molecular flexibility index (Phi) is 7.14. The number of benzene rings is 2. The summed E-state index contributed by atoms with van der Waals surface area (Å²) in [6, 6.07) is 8.23. The summed E-state index contributed by atoms with van der Waals surface area (Å²) in [5.41, 5.74) is 1.54. The van der Waals surface area contributed by atoms with E-state index in [0.717, 1.165) is 37.1 Å². The van der Waals surface area contributed by atoms with Crippen molar-refractivity contribution in [1.29, 1.82) is 0 Å². The lowest BCUT2D eigenvalue weighted by Gasteiger charge is -2.32. The van der Waals surface area contributed by atoms with Crippen LogP contribution >= 0.6 is 0 Å². The summed E-state index contributed by atoms with van der Waals surface area (Å²) in [5, 5.41) is 3.35. The van der Waals surface area contributed by atoms with E-state index in [2.05, 4.69) is 5.32 Å². The molecule has 1 saturated heterocycles. The van der Waals surface area contributed by atoms with Gasteiger partial charge in [-0.15, -0.1) is 0 Å². The fraction of sp³-hybridized carbons (Fsp3) is 0.409. The van der Waals surface area contributed by atoms with E-state index in [4.69, 9.17) is 4.74 Å². The van der Waals surface area contributed by atoms with E-state index in [1.54, 1.807) is 24.0 Å². The van der Waals surface area contributed by atoms with Gasteiger partial charge in [0.25, 0.3) is 5.91 Å². The molecule has 29 heavy (non-hydrogen) atoms. The maximum absolute atomic E-state index is 13.6. The van der Waals surface area contributed by atoms with Crippen LogP contribution in [0.3, 0.4) is 0 Å². The van der Waals surface area contributed by atoms with Crippen LogP contribution in [-0.2, 0) is 11.3 Å². The van der Waals surface area contributed by atoms with Gasteiger partial charge < -0.3 is 15.0 Å². The van der Waals surface area contributed by atoms with Gasteiger partial charge in [-0.3, -0.25) is 4.79 Å². The van der Waals surface area contributed by atoms with Crippen molar-refractivity contribution in [1.82, 2.24) is 10.2 Å². The Hall–Kier alpha value is -2.54. The predicted molar refractivity (Wildman–Crippen MR) is 104 cm³/mol. The van der Waals surface area contributed by atoms with E-state index < -0.39 is 11.6 Å². The highest BCUT2D eigenvalue weighted by Gasteiger charge is 2.23. The highest BCUT2D eigenvalue weighted by molar-refractivity contribution is 5.77. The molecule has 1 aliphatic rings. The minimum Gasteiger partial charge on any atom is -0.481 e. The number of carbonyl (C=O) groups excluding carboxylic acids is 1. The summed E-state index contributed by atoms with van der Waals surface area (Å²) in [5.74, 6) is -1.62. The van der Waals surface area contributed by atoms with Crippen LogP contribution in [0.5, 0.6) is 5.75 Å². The molecular formula is C22H25F3N2O2. The molecule has 1 amide bonds. The lowest BCUT2D eigenvalue weighted by Crippen LogP contribution is -2.42. The molecule has 4 nitrogen and oxygen atoms in total. The van der Waals surface area contributed by atoms with Crippen molar-refractivity contribution in [3.63, 3.8) is 0 Å². The summed E-state index contributed by atoms with van der Waals surface area (Å²) in [6.45, 7) is 4.09. The Balaban J connectivity index is 1.37. The SMILES string of the molecule is Cc1ccc(CNCC2CCN(C(=O)COc3ccc(F)cc3F)CC2)cc1F. The fourth-order valence-corrected chi connectivity index (χ4v) is 3.38. The summed E-state index contributed by atoms with van der Waals surface area (Å²) in [6.07, 6.45) is 1.71. The van der Waals surface area contributed by atoms with E-state index in [1.807, 2.05) is 6.07 Å². The quantitative estimate of drug-likeness (QED) is 0.760. The number of halogens is 3. The molecule has 1 N–H and O–H groups in total. The zero-order valence-electron chi connectivity index (χ0n) is 16.4. The van der Waals surface area contributed by atoms with Crippen molar-refractivity contribution in [3.05, 3.63) is 65.0 Å². The average molecular weight is 406 g/mol. The normalized spacial score (nSPS) is 14.8. The largest absolute Gasteiger partial charge is 0.481 e. The number of nitrogens with zero attached hydrogens (tertiary/aromatic N) is 1. The molecular weight excluding hydrogens is 381 g/mol. The Morgan fingerprint density at radius 2 is 1.86 bits per heavy atom. The lowest BCUT2D eigenvalue weighted by molar-refractivity contribution is -0.134. The second-order valence-corrected chi connectivity index (χ2v) is 7.40. The highest BCUT2D eigenvalue weighted by Crippen LogP contribution is 2.19. The number of hydrogen-bond acceptors (Lipinski definition) is 3. The molecule has 0 unspecified atom stereocenters. The summed E-state index contributed by atoms with van der Waals surface area (Å²) >= 11 is 0. The number of hydrogen-bond donors (Lipinski definition) is 1. The number of nitrogens with one attached hydrogen (secondary N) is 1. The van der Waals surface area contributed by atoms with Gasteiger partial charge in [0.05, 0.1) is 0 Å². The first-order valence-electron chi connectivity index (χ1n) is 9.73. The van der Waals surface area contributed by atoms with Crippen LogP contribution in [0, 0.1) is 30.3 Å². The number of likely N-dealkylation sites (tertiary alicyclic amines) is 1. The van der Waals surface area contributed by atoms with Crippen molar-refractivity contribution in [2.24, 2.45) is 5.92 Å².